The molecule has 0 radical (unpaired) electrons. The van der Waals surface area contributed by atoms with Gasteiger partial charge in [-0.1, -0.05) is 41.4 Å². The van der Waals surface area contributed by atoms with Crippen LogP contribution in [0.4, 0.5) is 0 Å². The second-order valence-corrected chi connectivity index (χ2v) is 5.28. The van der Waals surface area contributed by atoms with Crippen molar-refractivity contribution >= 4 is 34.8 Å². The lowest BCUT2D eigenvalue weighted by Gasteiger charge is -2.07. The van der Waals surface area contributed by atoms with Crippen LogP contribution >= 0.6 is 23.2 Å². The lowest BCUT2D eigenvalue weighted by Crippen LogP contribution is -2.20. The number of nitrogens with zero attached hydrogens (tertiary/aromatic N) is 1. The van der Waals surface area contributed by atoms with Crippen molar-refractivity contribution in [3.8, 4) is 5.75 Å². The van der Waals surface area contributed by atoms with E-state index in [0.29, 0.717) is 27.1 Å². The number of hydrazone groups is 1. The van der Waals surface area contributed by atoms with Crippen molar-refractivity contribution in [1.82, 2.24) is 5.43 Å². The number of para-hydroxylation sites is 1. The standard InChI is InChI=1S/C16H14Cl2N2O2/c1-10(11-7-8-13(17)14(18)9-11)19-20-16(21)12-5-3-4-6-15(12)22-2/h3-9H,1-2H3,(H,20,21)/b19-10+. The van der Waals surface area contributed by atoms with E-state index >= 15 is 0 Å². The van der Waals surface area contributed by atoms with E-state index in [0.717, 1.165) is 5.56 Å². The molecule has 0 bridgehead atoms. The van der Waals surface area contributed by atoms with Crippen LogP contribution < -0.4 is 10.2 Å². The number of nitrogens with one attached hydrogen (secondary N) is 1. The van der Waals surface area contributed by atoms with Crippen LogP contribution in [0.3, 0.4) is 0 Å². The Bertz CT molecular complexity index is 730. The molecule has 0 heterocycles. The molecule has 22 heavy (non-hydrogen) atoms. The normalized spacial score (nSPS) is 11.2. The van der Waals surface area contributed by atoms with Gasteiger partial charge in [-0.3, -0.25) is 4.79 Å². The summed E-state index contributed by atoms with van der Waals surface area (Å²) in [5.74, 6) is 0.138. The molecule has 0 aliphatic heterocycles. The van der Waals surface area contributed by atoms with E-state index in [9.17, 15) is 4.79 Å². The summed E-state index contributed by atoms with van der Waals surface area (Å²) in [5, 5.41) is 4.98. The Morgan fingerprint density at radius 1 is 1.14 bits per heavy atom. The SMILES string of the molecule is COc1ccccc1C(=O)N/N=C(\C)c1ccc(Cl)c(Cl)c1. The van der Waals surface area contributed by atoms with E-state index in [1.807, 2.05) is 0 Å². The maximum Gasteiger partial charge on any atom is 0.275 e. The Morgan fingerprint density at radius 3 is 2.55 bits per heavy atom. The number of carbonyl (C=O) groups is 1. The molecular weight excluding hydrogens is 323 g/mol. The molecule has 0 fully saturated rings. The number of amides is 1. The van der Waals surface area contributed by atoms with Crippen molar-refractivity contribution in [2.45, 2.75) is 6.92 Å². The molecule has 0 spiro atoms. The van der Waals surface area contributed by atoms with Gasteiger partial charge in [0.05, 0.1) is 28.4 Å². The number of hydrogen-bond acceptors (Lipinski definition) is 3. The van der Waals surface area contributed by atoms with Crippen molar-refractivity contribution < 1.29 is 9.53 Å². The highest BCUT2D eigenvalue weighted by Gasteiger charge is 2.11. The van der Waals surface area contributed by atoms with Gasteiger partial charge in [0, 0.05) is 0 Å². The van der Waals surface area contributed by atoms with E-state index in [-0.39, 0.29) is 5.91 Å². The Kier molecular flexibility index (Phi) is 5.41. The van der Waals surface area contributed by atoms with Crippen LogP contribution in [0.1, 0.15) is 22.8 Å². The molecule has 0 aliphatic rings. The molecule has 0 saturated carbocycles. The monoisotopic (exact) mass is 336 g/mol. The summed E-state index contributed by atoms with van der Waals surface area (Å²) >= 11 is 11.8. The fourth-order valence-electron chi connectivity index (χ4n) is 1.81. The molecule has 0 aromatic heterocycles. The molecule has 4 nitrogen and oxygen atoms in total. The van der Waals surface area contributed by atoms with Crippen LogP contribution in [0, 0.1) is 0 Å². The fraction of sp³-hybridized carbons (Fsp3) is 0.125. The summed E-state index contributed by atoms with van der Waals surface area (Å²) in [7, 11) is 1.51. The molecule has 2 rings (SSSR count). The van der Waals surface area contributed by atoms with Crippen LogP contribution in [-0.2, 0) is 0 Å². The molecule has 0 unspecified atom stereocenters. The highest BCUT2D eigenvalue weighted by molar-refractivity contribution is 6.42. The van der Waals surface area contributed by atoms with Gasteiger partial charge in [-0.05, 0) is 36.8 Å². The predicted molar refractivity (Wildman–Crippen MR) is 89.1 cm³/mol. The smallest absolute Gasteiger partial charge is 0.275 e. The van der Waals surface area contributed by atoms with E-state index < -0.39 is 0 Å². The number of hydrogen-bond donors (Lipinski definition) is 1. The minimum Gasteiger partial charge on any atom is -0.496 e. The average Bonchev–Trinajstić information content (AvgIpc) is 2.54. The summed E-state index contributed by atoms with van der Waals surface area (Å²) in [6, 6.07) is 12.1. The summed E-state index contributed by atoms with van der Waals surface area (Å²) in [6.45, 7) is 1.77. The third-order valence-corrected chi connectivity index (χ3v) is 3.75. The van der Waals surface area contributed by atoms with Gasteiger partial charge in [-0.25, -0.2) is 5.43 Å². The van der Waals surface area contributed by atoms with Gasteiger partial charge in [0.1, 0.15) is 5.75 Å². The van der Waals surface area contributed by atoms with Crippen molar-refractivity contribution in [2.75, 3.05) is 7.11 Å². The molecule has 1 N–H and O–H groups in total. The Balaban J connectivity index is 2.16. The zero-order valence-corrected chi connectivity index (χ0v) is 13.6. The summed E-state index contributed by atoms with van der Waals surface area (Å²) in [6.07, 6.45) is 0. The lowest BCUT2D eigenvalue weighted by atomic mass is 10.1. The van der Waals surface area contributed by atoms with Crippen molar-refractivity contribution in [3.05, 3.63) is 63.6 Å². The summed E-state index contributed by atoms with van der Waals surface area (Å²) in [5.41, 5.74) is 4.30. The first kappa shape index (κ1) is 16.3. The summed E-state index contributed by atoms with van der Waals surface area (Å²) < 4.78 is 5.15. The van der Waals surface area contributed by atoms with Gasteiger partial charge in [0.15, 0.2) is 0 Å². The maximum absolute atomic E-state index is 12.1. The van der Waals surface area contributed by atoms with Gasteiger partial charge in [-0.15, -0.1) is 0 Å². The number of rotatable bonds is 4. The number of ether oxygens (including phenoxy) is 1. The fourth-order valence-corrected chi connectivity index (χ4v) is 2.11. The third-order valence-electron chi connectivity index (χ3n) is 3.01. The Labute approximate surface area is 138 Å². The van der Waals surface area contributed by atoms with Crippen molar-refractivity contribution in [1.29, 1.82) is 0 Å². The molecule has 114 valence electrons. The van der Waals surface area contributed by atoms with E-state index in [1.165, 1.54) is 7.11 Å². The first-order valence-corrected chi connectivity index (χ1v) is 7.21. The van der Waals surface area contributed by atoms with Crippen molar-refractivity contribution in [2.24, 2.45) is 5.10 Å². The molecule has 2 aromatic rings. The Morgan fingerprint density at radius 2 is 1.86 bits per heavy atom. The molecule has 1 amide bonds. The maximum atomic E-state index is 12.1. The number of halogens is 2. The van der Waals surface area contributed by atoms with Gasteiger partial charge < -0.3 is 4.74 Å². The van der Waals surface area contributed by atoms with Crippen molar-refractivity contribution in [3.63, 3.8) is 0 Å². The van der Waals surface area contributed by atoms with Crippen LogP contribution in [0.15, 0.2) is 47.6 Å². The zero-order chi connectivity index (χ0) is 16.1. The van der Waals surface area contributed by atoms with Crippen LogP contribution in [-0.4, -0.2) is 18.7 Å². The topological polar surface area (TPSA) is 50.7 Å². The zero-order valence-electron chi connectivity index (χ0n) is 12.1. The first-order valence-electron chi connectivity index (χ1n) is 6.46. The molecule has 0 atom stereocenters. The number of methoxy groups -OCH3 is 1. The number of carbonyl (C=O) groups excluding carboxylic acids is 1. The minimum absolute atomic E-state index is 0.350. The second-order valence-electron chi connectivity index (χ2n) is 4.47. The molecule has 0 saturated heterocycles. The van der Waals surface area contributed by atoms with Crippen LogP contribution in [0.25, 0.3) is 0 Å². The van der Waals surface area contributed by atoms with E-state index in [1.54, 1.807) is 49.4 Å². The molecule has 6 heteroatoms. The number of benzene rings is 2. The minimum atomic E-state index is -0.350. The van der Waals surface area contributed by atoms with Gasteiger partial charge >= 0.3 is 0 Å². The van der Waals surface area contributed by atoms with E-state index in [4.69, 9.17) is 27.9 Å². The second kappa shape index (κ2) is 7.29. The quantitative estimate of drug-likeness (QED) is 0.673. The van der Waals surface area contributed by atoms with Crippen LogP contribution in [0.2, 0.25) is 10.0 Å². The van der Waals surface area contributed by atoms with Gasteiger partial charge in [0.2, 0.25) is 0 Å². The lowest BCUT2D eigenvalue weighted by molar-refractivity contribution is 0.0952. The van der Waals surface area contributed by atoms with Gasteiger partial charge in [0.25, 0.3) is 5.91 Å². The first-order chi connectivity index (χ1) is 10.5. The predicted octanol–water partition coefficient (Wildman–Crippen LogP) is 4.16. The van der Waals surface area contributed by atoms with Gasteiger partial charge in [-0.2, -0.15) is 5.10 Å². The molecule has 2 aromatic carbocycles. The largest absolute Gasteiger partial charge is 0.496 e. The average molecular weight is 337 g/mol. The molecular formula is C16H14Cl2N2O2. The highest BCUT2D eigenvalue weighted by atomic mass is 35.5. The van der Waals surface area contributed by atoms with E-state index in [2.05, 4.69) is 10.5 Å². The third kappa shape index (κ3) is 3.78. The summed E-state index contributed by atoms with van der Waals surface area (Å²) in [4.78, 5) is 12.1. The van der Waals surface area contributed by atoms with Crippen LogP contribution in [0.5, 0.6) is 5.75 Å². The molecule has 0 aliphatic carbocycles. The Hall–Kier alpha value is -2.04. The highest BCUT2D eigenvalue weighted by Crippen LogP contribution is 2.23.